The summed E-state index contributed by atoms with van der Waals surface area (Å²) in [7, 11) is 0. The van der Waals surface area contributed by atoms with Crippen molar-refractivity contribution in [1.82, 2.24) is 15.1 Å². The van der Waals surface area contributed by atoms with E-state index in [0.717, 1.165) is 25.9 Å². The van der Waals surface area contributed by atoms with Crippen LogP contribution < -0.4 is 5.32 Å². The standard InChI is InChI=1S/C18H27N3/c1-4-6-16-7-9-17(10-8-16)18(19-12-5-2)14-21-15(3)11-13-20-21/h7-11,13,18-19H,4-6,12,14H2,1-3H3. The number of benzene rings is 1. The van der Waals surface area contributed by atoms with Crippen LogP contribution in [0, 0.1) is 6.92 Å². The summed E-state index contributed by atoms with van der Waals surface area (Å²) in [5, 5.41) is 8.05. The summed E-state index contributed by atoms with van der Waals surface area (Å²) in [5.74, 6) is 0. The molecular weight excluding hydrogens is 258 g/mol. The monoisotopic (exact) mass is 285 g/mol. The van der Waals surface area contributed by atoms with Crippen LogP contribution in [0.3, 0.4) is 0 Å². The Hall–Kier alpha value is -1.61. The number of hydrogen-bond donors (Lipinski definition) is 1. The Morgan fingerprint density at radius 3 is 2.43 bits per heavy atom. The first-order valence-corrected chi connectivity index (χ1v) is 8.05. The minimum Gasteiger partial charge on any atom is -0.308 e. The third-order valence-electron chi connectivity index (χ3n) is 3.85. The lowest BCUT2D eigenvalue weighted by Gasteiger charge is -2.20. The van der Waals surface area contributed by atoms with E-state index in [4.69, 9.17) is 0 Å². The summed E-state index contributed by atoms with van der Waals surface area (Å²) in [6.07, 6.45) is 5.37. The highest BCUT2D eigenvalue weighted by molar-refractivity contribution is 5.25. The van der Waals surface area contributed by atoms with E-state index in [-0.39, 0.29) is 0 Å². The van der Waals surface area contributed by atoms with Gasteiger partial charge in [0.2, 0.25) is 0 Å². The van der Waals surface area contributed by atoms with Crippen LogP contribution in [0.4, 0.5) is 0 Å². The molecule has 0 spiro atoms. The van der Waals surface area contributed by atoms with Crippen molar-refractivity contribution in [3.8, 4) is 0 Å². The van der Waals surface area contributed by atoms with Crippen molar-refractivity contribution in [1.29, 1.82) is 0 Å². The Kier molecular flexibility index (Phi) is 6.00. The van der Waals surface area contributed by atoms with Gasteiger partial charge in [0.15, 0.2) is 0 Å². The Morgan fingerprint density at radius 1 is 1.10 bits per heavy atom. The van der Waals surface area contributed by atoms with Gasteiger partial charge in [0, 0.05) is 11.9 Å². The van der Waals surface area contributed by atoms with Crippen LogP contribution in [0.5, 0.6) is 0 Å². The van der Waals surface area contributed by atoms with Crippen molar-refractivity contribution >= 4 is 0 Å². The van der Waals surface area contributed by atoms with E-state index >= 15 is 0 Å². The van der Waals surface area contributed by atoms with Crippen LogP contribution in [0.25, 0.3) is 0 Å². The first kappa shape index (κ1) is 15.8. The molecule has 2 aromatic rings. The minimum atomic E-state index is 0.319. The molecule has 0 amide bonds. The molecule has 1 aromatic heterocycles. The molecule has 1 aromatic carbocycles. The average molecular weight is 285 g/mol. The highest BCUT2D eigenvalue weighted by Crippen LogP contribution is 2.17. The zero-order valence-corrected chi connectivity index (χ0v) is 13.5. The van der Waals surface area contributed by atoms with Crippen LogP contribution in [-0.4, -0.2) is 16.3 Å². The lowest BCUT2D eigenvalue weighted by atomic mass is 10.0. The maximum Gasteiger partial charge on any atom is 0.0607 e. The molecule has 0 saturated heterocycles. The van der Waals surface area contributed by atoms with E-state index in [9.17, 15) is 0 Å². The molecule has 0 aliphatic carbocycles. The zero-order valence-electron chi connectivity index (χ0n) is 13.5. The molecule has 0 aliphatic heterocycles. The SMILES string of the molecule is CCCNC(Cn1nccc1C)c1ccc(CCC)cc1. The Bertz CT molecular complexity index is 528. The Morgan fingerprint density at radius 2 is 1.86 bits per heavy atom. The lowest BCUT2D eigenvalue weighted by molar-refractivity contribution is 0.433. The van der Waals surface area contributed by atoms with Crippen LogP contribution >= 0.6 is 0 Å². The maximum atomic E-state index is 4.41. The van der Waals surface area contributed by atoms with E-state index in [2.05, 4.69) is 66.2 Å². The fourth-order valence-electron chi connectivity index (χ4n) is 2.57. The van der Waals surface area contributed by atoms with Gasteiger partial charge < -0.3 is 5.32 Å². The number of aromatic nitrogens is 2. The quantitative estimate of drug-likeness (QED) is 0.797. The topological polar surface area (TPSA) is 29.9 Å². The molecule has 1 atom stereocenters. The molecular formula is C18H27N3. The van der Waals surface area contributed by atoms with Crippen LogP contribution in [0.2, 0.25) is 0 Å². The molecule has 1 unspecified atom stereocenters. The molecule has 0 fully saturated rings. The van der Waals surface area contributed by atoms with Crippen molar-refractivity contribution in [3.05, 3.63) is 53.3 Å². The van der Waals surface area contributed by atoms with E-state index in [1.165, 1.54) is 23.2 Å². The van der Waals surface area contributed by atoms with E-state index in [1.54, 1.807) is 0 Å². The Balaban J connectivity index is 2.12. The number of aryl methyl sites for hydroxylation is 2. The number of nitrogens with zero attached hydrogens (tertiary/aromatic N) is 2. The van der Waals surface area contributed by atoms with Crippen molar-refractivity contribution in [2.75, 3.05) is 6.54 Å². The highest BCUT2D eigenvalue weighted by Gasteiger charge is 2.12. The normalized spacial score (nSPS) is 12.5. The zero-order chi connectivity index (χ0) is 15.1. The van der Waals surface area contributed by atoms with E-state index < -0.39 is 0 Å². The van der Waals surface area contributed by atoms with Gasteiger partial charge in [-0.2, -0.15) is 5.10 Å². The number of nitrogens with one attached hydrogen (secondary N) is 1. The Labute approximate surface area is 128 Å². The predicted molar refractivity (Wildman–Crippen MR) is 88.4 cm³/mol. The first-order chi connectivity index (χ1) is 10.2. The number of rotatable bonds is 8. The molecule has 0 saturated carbocycles. The van der Waals surface area contributed by atoms with E-state index in [1.807, 2.05) is 6.20 Å². The molecule has 0 bridgehead atoms. The van der Waals surface area contributed by atoms with Gasteiger partial charge in [-0.25, -0.2) is 0 Å². The van der Waals surface area contributed by atoms with Crippen molar-refractivity contribution < 1.29 is 0 Å². The first-order valence-electron chi connectivity index (χ1n) is 8.05. The molecule has 0 radical (unpaired) electrons. The summed E-state index contributed by atoms with van der Waals surface area (Å²) in [6.45, 7) is 8.44. The maximum absolute atomic E-state index is 4.41. The van der Waals surface area contributed by atoms with Gasteiger partial charge >= 0.3 is 0 Å². The summed E-state index contributed by atoms with van der Waals surface area (Å²) >= 11 is 0. The molecule has 21 heavy (non-hydrogen) atoms. The van der Waals surface area contributed by atoms with Crippen molar-refractivity contribution in [2.45, 2.75) is 52.6 Å². The fraction of sp³-hybridized carbons (Fsp3) is 0.500. The molecule has 1 N–H and O–H groups in total. The predicted octanol–water partition coefficient (Wildman–Crippen LogP) is 3.88. The second-order valence-electron chi connectivity index (χ2n) is 5.65. The lowest BCUT2D eigenvalue weighted by Crippen LogP contribution is -2.27. The molecule has 2 rings (SSSR count). The van der Waals surface area contributed by atoms with Crippen LogP contribution in [0.1, 0.15) is 49.6 Å². The van der Waals surface area contributed by atoms with Gasteiger partial charge in [-0.15, -0.1) is 0 Å². The largest absolute Gasteiger partial charge is 0.308 e. The van der Waals surface area contributed by atoms with Gasteiger partial charge in [-0.3, -0.25) is 4.68 Å². The third-order valence-corrected chi connectivity index (χ3v) is 3.85. The molecule has 1 heterocycles. The molecule has 3 nitrogen and oxygen atoms in total. The van der Waals surface area contributed by atoms with Gasteiger partial charge in [-0.1, -0.05) is 44.5 Å². The minimum absolute atomic E-state index is 0.319. The highest BCUT2D eigenvalue weighted by atomic mass is 15.3. The summed E-state index contributed by atoms with van der Waals surface area (Å²) < 4.78 is 2.08. The van der Waals surface area contributed by atoms with Gasteiger partial charge in [-0.05, 0) is 43.5 Å². The molecule has 3 heteroatoms. The van der Waals surface area contributed by atoms with Crippen LogP contribution in [-0.2, 0) is 13.0 Å². The van der Waals surface area contributed by atoms with Gasteiger partial charge in [0.1, 0.15) is 0 Å². The van der Waals surface area contributed by atoms with E-state index in [0.29, 0.717) is 6.04 Å². The second-order valence-corrected chi connectivity index (χ2v) is 5.65. The summed E-state index contributed by atoms with van der Waals surface area (Å²) in [6, 6.07) is 11.4. The molecule has 0 aliphatic rings. The van der Waals surface area contributed by atoms with Crippen LogP contribution in [0.15, 0.2) is 36.5 Å². The summed E-state index contributed by atoms with van der Waals surface area (Å²) in [4.78, 5) is 0. The third kappa shape index (κ3) is 4.43. The average Bonchev–Trinajstić information content (AvgIpc) is 2.90. The van der Waals surface area contributed by atoms with Gasteiger partial charge in [0.25, 0.3) is 0 Å². The molecule has 114 valence electrons. The van der Waals surface area contributed by atoms with Gasteiger partial charge in [0.05, 0.1) is 12.6 Å². The second kappa shape index (κ2) is 7.99. The fourth-order valence-corrected chi connectivity index (χ4v) is 2.57. The van der Waals surface area contributed by atoms with Crippen molar-refractivity contribution in [2.24, 2.45) is 0 Å². The number of hydrogen-bond acceptors (Lipinski definition) is 2. The van der Waals surface area contributed by atoms with Crippen molar-refractivity contribution in [3.63, 3.8) is 0 Å². The smallest absolute Gasteiger partial charge is 0.0607 e. The summed E-state index contributed by atoms with van der Waals surface area (Å²) in [5.41, 5.74) is 3.98.